The molecule has 2 aromatic rings. The van der Waals surface area contributed by atoms with Crippen LogP contribution in [0.3, 0.4) is 0 Å². The minimum Gasteiger partial charge on any atom is -0.448 e. The van der Waals surface area contributed by atoms with Crippen LogP contribution in [-0.2, 0) is 4.74 Å². The van der Waals surface area contributed by atoms with Crippen LogP contribution in [0.1, 0.15) is 29.9 Å². The summed E-state index contributed by atoms with van der Waals surface area (Å²) < 4.78 is 31.6. The summed E-state index contributed by atoms with van der Waals surface area (Å²) >= 11 is 0. The van der Waals surface area contributed by atoms with Crippen molar-refractivity contribution in [3.05, 3.63) is 59.7 Å². The van der Waals surface area contributed by atoms with Crippen molar-refractivity contribution in [2.75, 3.05) is 19.7 Å². The second-order valence-corrected chi connectivity index (χ2v) is 7.23. The van der Waals surface area contributed by atoms with Crippen LogP contribution in [0.4, 0.5) is 13.6 Å². The van der Waals surface area contributed by atoms with Crippen molar-refractivity contribution >= 4 is 6.09 Å². The van der Waals surface area contributed by atoms with E-state index in [4.69, 9.17) is 4.74 Å². The van der Waals surface area contributed by atoms with Gasteiger partial charge in [-0.15, -0.1) is 0 Å². The molecular formula is C21H21F2NO3. The Bertz CT molecular complexity index is 811. The van der Waals surface area contributed by atoms with Crippen molar-refractivity contribution < 1.29 is 23.4 Å². The van der Waals surface area contributed by atoms with E-state index in [1.165, 1.54) is 4.90 Å². The van der Waals surface area contributed by atoms with E-state index in [1.54, 1.807) is 0 Å². The number of ether oxygens (including phenoxy) is 1. The number of carbonyl (C=O) groups excluding carboxylic acids is 1. The summed E-state index contributed by atoms with van der Waals surface area (Å²) in [7, 11) is 0. The van der Waals surface area contributed by atoms with E-state index in [0.717, 1.165) is 22.3 Å². The summed E-state index contributed by atoms with van der Waals surface area (Å²) in [6.45, 7) is 0.0452. The molecule has 1 atom stereocenters. The van der Waals surface area contributed by atoms with Gasteiger partial charge >= 0.3 is 6.09 Å². The molecule has 1 unspecified atom stereocenters. The predicted molar refractivity (Wildman–Crippen MR) is 96.8 cm³/mol. The van der Waals surface area contributed by atoms with E-state index in [2.05, 4.69) is 0 Å². The monoisotopic (exact) mass is 373 g/mol. The summed E-state index contributed by atoms with van der Waals surface area (Å²) in [6, 6.07) is 16.0. The topological polar surface area (TPSA) is 49.8 Å². The highest BCUT2D eigenvalue weighted by Gasteiger charge is 2.43. The minimum atomic E-state index is -2.89. The molecule has 0 saturated carbocycles. The summed E-state index contributed by atoms with van der Waals surface area (Å²) in [5.74, 6) is -0.0832. The number of hydrogen-bond acceptors (Lipinski definition) is 3. The van der Waals surface area contributed by atoms with Crippen LogP contribution in [-0.4, -0.2) is 47.8 Å². The Morgan fingerprint density at radius 2 is 1.74 bits per heavy atom. The molecule has 1 fully saturated rings. The maximum absolute atomic E-state index is 13.1. The average molecular weight is 373 g/mol. The third-order valence-corrected chi connectivity index (χ3v) is 5.50. The van der Waals surface area contributed by atoms with Crippen molar-refractivity contribution in [1.29, 1.82) is 0 Å². The van der Waals surface area contributed by atoms with Crippen LogP contribution in [0.2, 0.25) is 0 Å². The molecule has 4 rings (SSSR count). The van der Waals surface area contributed by atoms with Crippen molar-refractivity contribution in [2.24, 2.45) is 0 Å². The molecule has 2 aliphatic rings. The van der Waals surface area contributed by atoms with Crippen LogP contribution in [0, 0.1) is 0 Å². The van der Waals surface area contributed by atoms with Crippen molar-refractivity contribution in [1.82, 2.24) is 4.90 Å². The molecule has 0 aromatic heterocycles. The number of fused-ring (bicyclic) bond motifs is 3. The molecule has 6 heteroatoms. The summed E-state index contributed by atoms with van der Waals surface area (Å²) in [4.78, 5) is 13.6. The molecule has 2 aromatic carbocycles. The first-order chi connectivity index (χ1) is 13.0. The van der Waals surface area contributed by atoms with Gasteiger partial charge in [-0.05, 0) is 35.1 Å². The highest BCUT2D eigenvalue weighted by molar-refractivity contribution is 5.79. The minimum absolute atomic E-state index is 0.0160. The SMILES string of the molecule is O=C(OCC1c2ccccc2-c2ccccc21)N1CCCC(O)(C(F)F)C1. The Kier molecular flexibility index (Phi) is 4.60. The first-order valence-corrected chi connectivity index (χ1v) is 9.10. The number of halogens is 2. The lowest BCUT2D eigenvalue weighted by Crippen LogP contribution is -2.54. The highest BCUT2D eigenvalue weighted by Crippen LogP contribution is 2.44. The number of amides is 1. The zero-order valence-electron chi connectivity index (χ0n) is 14.8. The molecule has 1 saturated heterocycles. The zero-order valence-corrected chi connectivity index (χ0v) is 14.8. The molecule has 1 aliphatic heterocycles. The third kappa shape index (κ3) is 3.18. The van der Waals surface area contributed by atoms with Crippen LogP contribution in [0.25, 0.3) is 11.1 Å². The van der Waals surface area contributed by atoms with Crippen molar-refractivity contribution in [3.8, 4) is 11.1 Å². The maximum Gasteiger partial charge on any atom is 0.409 e. The number of β-amino-alcohol motifs (C(OH)–C–C–N with tert-alkyl or cyclic N) is 1. The maximum atomic E-state index is 13.1. The van der Waals surface area contributed by atoms with Gasteiger partial charge in [0.2, 0.25) is 0 Å². The van der Waals surface area contributed by atoms with Gasteiger partial charge in [-0.25, -0.2) is 13.6 Å². The normalized spacial score (nSPS) is 21.9. The van der Waals surface area contributed by atoms with Gasteiger partial charge in [0.1, 0.15) is 12.2 Å². The van der Waals surface area contributed by atoms with Gasteiger partial charge in [-0.2, -0.15) is 0 Å². The first-order valence-electron chi connectivity index (χ1n) is 9.10. The fourth-order valence-electron chi connectivity index (χ4n) is 4.08. The third-order valence-electron chi connectivity index (χ3n) is 5.50. The molecule has 0 bridgehead atoms. The molecule has 1 N–H and O–H groups in total. The van der Waals surface area contributed by atoms with Crippen LogP contribution < -0.4 is 0 Å². The number of nitrogens with zero attached hydrogens (tertiary/aromatic N) is 1. The summed E-state index contributed by atoms with van der Waals surface area (Å²) in [5.41, 5.74) is 2.28. The van der Waals surface area contributed by atoms with E-state index >= 15 is 0 Å². The quantitative estimate of drug-likeness (QED) is 0.884. The molecule has 0 radical (unpaired) electrons. The fraction of sp³-hybridized carbons (Fsp3) is 0.381. The lowest BCUT2D eigenvalue weighted by atomic mass is 9.93. The summed E-state index contributed by atoms with van der Waals surface area (Å²) in [6.07, 6.45) is -3.24. The molecular weight excluding hydrogens is 352 g/mol. The molecule has 1 aliphatic carbocycles. The Hall–Kier alpha value is -2.47. The number of likely N-dealkylation sites (tertiary alicyclic amines) is 1. The van der Waals surface area contributed by atoms with Gasteiger partial charge in [0, 0.05) is 12.5 Å². The zero-order chi connectivity index (χ0) is 19.0. The molecule has 27 heavy (non-hydrogen) atoms. The number of piperidine rings is 1. The van der Waals surface area contributed by atoms with Gasteiger partial charge < -0.3 is 14.7 Å². The highest BCUT2D eigenvalue weighted by atomic mass is 19.3. The van der Waals surface area contributed by atoms with Gasteiger partial charge in [0.25, 0.3) is 6.43 Å². The molecule has 1 amide bonds. The Balaban J connectivity index is 1.48. The second kappa shape index (κ2) is 6.93. The number of rotatable bonds is 3. The van der Waals surface area contributed by atoms with E-state index in [0.29, 0.717) is 13.0 Å². The van der Waals surface area contributed by atoms with E-state index < -0.39 is 24.7 Å². The Labute approximate surface area is 156 Å². The molecule has 142 valence electrons. The first kappa shape index (κ1) is 17.9. The Morgan fingerprint density at radius 3 is 2.33 bits per heavy atom. The van der Waals surface area contributed by atoms with E-state index in [1.807, 2.05) is 48.5 Å². The number of hydrogen-bond donors (Lipinski definition) is 1. The fourth-order valence-corrected chi connectivity index (χ4v) is 4.08. The van der Waals surface area contributed by atoms with Gasteiger partial charge in [-0.3, -0.25) is 0 Å². The average Bonchev–Trinajstić information content (AvgIpc) is 3.00. The molecule has 0 spiro atoms. The molecule has 4 nitrogen and oxygen atoms in total. The van der Waals surface area contributed by atoms with E-state index in [9.17, 15) is 18.7 Å². The van der Waals surface area contributed by atoms with Gasteiger partial charge in [-0.1, -0.05) is 48.5 Å². The second-order valence-electron chi connectivity index (χ2n) is 7.23. The lowest BCUT2D eigenvalue weighted by molar-refractivity contribution is -0.127. The van der Waals surface area contributed by atoms with Crippen LogP contribution in [0.15, 0.2) is 48.5 Å². The van der Waals surface area contributed by atoms with Crippen LogP contribution >= 0.6 is 0 Å². The largest absolute Gasteiger partial charge is 0.448 e. The molecule has 1 heterocycles. The van der Waals surface area contributed by atoms with Crippen molar-refractivity contribution in [2.45, 2.75) is 30.8 Å². The number of benzene rings is 2. The number of aliphatic hydroxyl groups is 1. The summed E-state index contributed by atoms with van der Waals surface area (Å²) in [5, 5.41) is 10.0. The number of alkyl halides is 2. The van der Waals surface area contributed by atoms with Gasteiger partial charge in [0.05, 0.1) is 6.54 Å². The Morgan fingerprint density at radius 1 is 1.15 bits per heavy atom. The van der Waals surface area contributed by atoms with Crippen LogP contribution in [0.5, 0.6) is 0 Å². The predicted octanol–water partition coefficient (Wildman–Crippen LogP) is 4.03. The number of carbonyl (C=O) groups is 1. The van der Waals surface area contributed by atoms with E-state index in [-0.39, 0.29) is 18.9 Å². The van der Waals surface area contributed by atoms with Crippen molar-refractivity contribution in [3.63, 3.8) is 0 Å². The lowest BCUT2D eigenvalue weighted by Gasteiger charge is -2.38. The smallest absolute Gasteiger partial charge is 0.409 e. The standard InChI is InChI=1S/C21H21F2NO3/c22-19(23)21(26)10-5-11-24(13-21)20(25)27-12-18-16-8-3-1-6-14(16)15-7-2-4-9-17(15)18/h1-4,6-9,18-19,26H,5,10-13H2. The van der Waals surface area contributed by atoms with Gasteiger partial charge in [0.15, 0.2) is 0 Å².